The lowest BCUT2D eigenvalue weighted by molar-refractivity contribution is 0.281. The van der Waals surface area contributed by atoms with Crippen molar-refractivity contribution in [2.45, 2.75) is 6.61 Å². The molecule has 0 aliphatic carbocycles. The van der Waals surface area contributed by atoms with Crippen molar-refractivity contribution in [3.8, 4) is 5.75 Å². The molecular weight excluding hydrogens is 267 g/mol. The molecule has 1 rings (SSSR count). The van der Waals surface area contributed by atoms with Crippen LogP contribution in [0.1, 0.15) is 5.56 Å². The number of hydrogen-bond acceptors (Lipinski definition) is 2. The van der Waals surface area contributed by atoms with Crippen molar-refractivity contribution < 1.29 is 9.84 Å². The van der Waals surface area contributed by atoms with E-state index in [1.165, 1.54) is 6.26 Å². The Morgan fingerprint density at radius 1 is 1.58 bits per heavy atom. The third-order valence-electron chi connectivity index (χ3n) is 1.39. The Hall–Kier alpha value is -0.550. The highest BCUT2D eigenvalue weighted by atomic mass is 127. The number of aliphatic hydroxyl groups is 1. The number of hydrogen-bond donors (Lipinski definition) is 1. The van der Waals surface area contributed by atoms with Crippen molar-refractivity contribution in [1.29, 1.82) is 0 Å². The molecule has 64 valence electrons. The summed E-state index contributed by atoms with van der Waals surface area (Å²) >= 11 is 2.16. The third-order valence-corrected chi connectivity index (χ3v) is 2.28. The zero-order chi connectivity index (χ0) is 8.97. The maximum atomic E-state index is 8.84. The molecule has 1 aromatic carbocycles. The molecule has 0 saturated carbocycles. The molecule has 0 unspecified atom stereocenters. The van der Waals surface area contributed by atoms with Gasteiger partial charge in [-0.05, 0) is 40.3 Å². The monoisotopic (exact) mass is 276 g/mol. The molecule has 0 aliphatic rings. The minimum atomic E-state index is 0.0322. The maximum Gasteiger partial charge on any atom is 0.140 e. The van der Waals surface area contributed by atoms with Gasteiger partial charge < -0.3 is 9.84 Å². The van der Waals surface area contributed by atoms with Crippen molar-refractivity contribution in [2.24, 2.45) is 0 Å². The van der Waals surface area contributed by atoms with Crippen LogP contribution in [-0.2, 0) is 6.61 Å². The fraction of sp³-hybridized carbons (Fsp3) is 0.111. The molecule has 0 aromatic heterocycles. The van der Waals surface area contributed by atoms with Gasteiger partial charge in [0.25, 0.3) is 0 Å². The lowest BCUT2D eigenvalue weighted by Gasteiger charge is -2.04. The van der Waals surface area contributed by atoms with E-state index < -0.39 is 0 Å². The average Bonchev–Trinajstić information content (AvgIpc) is 2.09. The predicted octanol–water partition coefficient (Wildman–Crippen LogP) is 2.31. The van der Waals surface area contributed by atoms with E-state index in [-0.39, 0.29) is 6.61 Å². The third kappa shape index (κ3) is 2.22. The topological polar surface area (TPSA) is 29.5 Å². The molecule has 0 fully saturated rings. The molecule has 0 spiro atoms. The first-order valence-electron chi connectivity index (χ1n) is 3.44. The van der Waals surface area contributed by atoms with Crippen molar-refractivity contribution >= 4 is 22.6 Å². The molecule has 1 N–H and O–H groups in total. The molecule has 0 radical (unpaired) electrons. The zero-order valence-electron chi connectivity index (χ0n) is 6.46. The van der Waals surface area contributed by atoms with Gasteiger partial charge >= 0.3 is 0 Å². The molecule has 0 heterocycles. The second-order valence-electron chi connectivity index (χ2n) is 2.21. The summed E-state index contributed by atoms with van der Waals surface area (Å²) in [6, 6.07) is 5.55. The quantitative estimate of drug-likeness (QED) is 0.678. The van der Waals surface area contributed by atoms with Crippen LogP contribution in [0.5, 0.6) is 5.75 Å². The molecule has 0 aliphatic heterocycles. The molecule has 12 heavy (non-hydrogen) atoms. The van der Waals surface area contributed by atoms with Crippen LogP contribution in [0.2, 0.25) is 0 Å². The highest BCUT2D eigenvalue weighted by Gasteiger charge is 2.00. The SMILES string of the molecule is C=COc1cc(CO)ccc1I. The van der Waals surface area contributed by atoms with Gasteiger partial charge in [-0.15, -0.1) is 0 Å². The standard InChI is InChI=1S/C9H9IO2/c1-2-12-9-5-7(6-11)3-4-8(9)10/h2-5,11H,1,6H2. The summed E-state index contributed by atoms with van der Waals surface area (Å²) in [7, 11) is 0. The first-order chi connectivity index (χ1) is 5.77. The lowest BCUT2D eigenvalue weighted by Crippen LogP contribution is -1.88. The Kier molecular flexibility index (Phi) is 3.55. The molecular formula is C9H9IO2. The van der Waals surface area contributed by atoms with Gasteiger partial charge in [-0.1, -0.05) is 12.6 Å². The fourth-order valence-corrected chi connectivity index (χ4v) is 1.29. The number of aliphatic hydroxyl groups excluding tert-OH is 1. The summed E-state index contributed by atoms with van der Waals surface area (Å²) in [6.07, 6.45) is 1.37. The van der Waals surface area contributed by atoms with Gasteiger partial charge in [0.2, 0.25) is 0 Å². The molecule has 1 aromatic rings. The molecule has 2 nitrogen and oxygen atoms in total. The van der Waals surface area contributed by atoms with Crippen molar-refractivity contribution in [2.75, 3.05) is 0 Å². The van der Waals surface area contributed by atoms with Crippen LogP contribution in [-0.4, -0.2) is 5.11 Å². The van der Waals surface area contributed by atoms with E-state index in [4.69, 9.17) is 9.84 Å². The van der Waals surface area contributed by atoms with Crippen LogP contribution < -0.4 is 4.74 Å². The van der Waals surface area contributed by atoms with E-state index in [1.54, 1.807) is 6.07 Å². The molecule has 3 heteroatoms. The first kappa shape index (κ1) is 9.54. The molecule has 0 saturated heterocycles. The Bertz CT molecular complexity index is 284. The van der Waals surface area contributed by atoms with Gasteiger partial charge in [0, 0.05) is 0 Å². The Labute approximate surface area is 85.0 Å². The molecule has 0 atom stereocenters. The number of halogens is 1. The van der Waals surface area contributed by atoms with Crippen molar-refractivity contribution in [1.82, 2.24) is 0 Å². The molecule has 0 bridgehead atoms. The number of rotatable bonds is 3. The highest BCUT2D eigenvalue weighted by Crippen LogP contribution is 2.22. The Balaban J connectivity index is 2.99. The number of benzene rings is 1. The van der Waals surface area contributed by atoms with Crippen LogP contribution in [0, 0.1) is 3.57 Å². The van der Waals surface area contributed by atoms with Gasteiger partial charge in [0.1, 0.15) is 5.75 Å². The second-order valence-corrected chi connectivity index (χ2v) is 3.37. The van der Waals surface area contributed by atoms with E-state index in [1.807, 2.05) is 12.1 Å². The van der Waals surface area contributed by atoms with Crippen LogP contribution in [0.3, 0.4) is 0 Å². The fourth-order valence-electron chi connectivity index (χ4n) is 0.826. The minimum absolute atomic E-state index is 0.0322. The van der Waals surface area contributed by atoms with Crippen molar-refractivity contribution in [3.63, 3.8) is 0 Å². The molecule has 0 amide bonds. The van der Waals surface area contributed by atoms with Gasteiger partial charge in [-0.3, -0.25) is 0 Å². The normalized spacial score (nSPS) is 9.50. The second kappa shape index (κ2) is 4.47. The van der Waals surface area contributed by atoms with E-state index in [0.29, 0.717) is 0 Å². The summed E-state index contributed by atoms with van der Waals surface area (Å²) in [5, 5.41) is 8.84. The van der Waals surface area contributed by atoms with E-state index in [9.17, 15) is 0 Å². The minimum Gasteiger partial charge on any atom is -0.465 e. The summed E-state index contributed by atoms with van der Waals surface area (Å²) in [5.74, 6) is 0.733. The lowest BCUT2D eigenvalue weighted by atomic mass is 10.2. The summed E-state index contributed by atoms with van der Waals surface area (Å²) in [4.78, 5) is 0. The average molecular weight is 276 g/mol. The highest BCUT2D eigenvalue weighted by molar-refractivity contribution is 14.1. The Morgan fingerprint density at radius 2 is 2.33 bits per heavy atom. The maximum absolute atomic E-state index is 8.84. The first-order valence-corrected chi connectivity index (χ1v) is 4.52. The van der Waals surface area contributed by atoms with E-state index >= 15 is 0 Å². The summed E-state index contributed by atoms with van der Waals surface area (Å²) in [6.45, 7) is 3.50. The van der Waals surface area contributed by atoms with E-state index in [2.05, 4.69) is 29.2 Å². The van der Waals surface area contributed by atoms with Crippen LogP contribution in [0.4, 0.5) is 0 Å². The summed E-state index contributed by atoms with van der Waals surface area (Å²) in [5.41, 5.74) is 0.840. The summed E-state index contributed by atoms with van der Waals surface area (Å²) < 4.78 is 6.13. The van der Waals surface area contributed by atoms with Gasteiger partial charge in [-0.2, -0.15) is 0 Å². The van der Waals surface area contributed by atoms with Crippen LogP contribution >= 0.6 is 22.6 Å². The van der Waals surface area contributed by atoms with Gasteiger partial charge in [-0.25, -0.2) is 0 Å². The number of ether oxygens (including phenoxy) is 1. The zero-order valence-corrected chi connectivity index (χ0v) is 8.61. The Morgan fingerprint density at radius 3 is 2.92 bits per heavy atom. The van der Waals surface area contributed by atoms with Crippen molar-refractivity contribution in [3.05, 3.63) is 40.2 Å². The van der Waals surface area contributed by atoms with Gasteiger partial charge in [0.05, 0.1) is 16.4 Å². The largest absolute Gasteiger partial charge is 0.465 e. The smallest absolute Gasteiger partial charge is 0.140 e. The van der Waals surface area contributed by atoms with Gasteiger partial charge in [0.15, 0.2) is 0 Å². The van der Waals surface area contributed by atoms with Crippen LogP contribution in [0.15, 0.2) is 31.0 Å². The van der Waals surface area contributed by atoms with Crippen LogP contribution in [0.25, 0.3) is 0 Å². The predicted molar refractivity (Wildman–Crippen MR) is 55.9 cm³/mol. The van der Waals surface area contributed by atoms with E-state index in [0.717, 1.165) is 14.9 Å².